The normalized spacial score (nSPS) is 15.9. The molecule has 5 heteroatoms. The van der Waals surface area contributed by atoms with Gasteiger partial charge in [-0.3, -0.25) is 9.48 Å². The zero-order valence-corrected chi connectivity index (χ0v) is 12.4. The molecule has 0 radical (unpaired) electrons. The van der Waals surface area contributed by atoms with Crippen LogP contribution in [0, 0.1) is 5.92 Å². The molecule has 4 rings (SSSR count). The smallest absolute Gasteiger partial charge is 0.255 e. The maximum atomic E-state index is 12.3. The van der Waals surface area contributed by atoms with Crippen molar-refractivity contribution < 1.29 is 4.79 Å². The summed E-state index contributed by atoms with van der Waals surface area (Å²) in [7, 11) is 0. The van der Waals surface area contributed by atoms with Crippen LogP contribution in [0.5, 0.6) is 0 Å². The molecular weight excluding hydrogens is 276 g/mol. The number of anilines is 1. The molecule has 1 aliphatic rings. The summed E-state index contributed by atoms with van der Waals surface area (Å²) in [5.74, 6) is 0.619. The average molecular weight is 294 g/mol. The van der Waals surface area contributed by atoms with E-state index in [1.807, 2.05) is 41.3 Å². The van der Waals surface area contributed by atoms with Crippen LogP contribution in [-0.4, -0.2) is 20.7 Å². The number of nitrogens with zero attached hydrogens (tertiary/aromatic N) is 2. The first-order valence-electron chi connectivity index (χ1n) is 7.63. The highest BCUT2D eigenvalue weighted by Gasteiger charge is 2.29. The molecule has 0 saturated heterocycles. The fourth-order valence-electron chi connectivity index (χ4n) is 2.81. The van der Waals surface area contributed by atoms with Gasteiger partial charge in [-0.05, 0) is 49.3 Å². The minimum atomic E-state index is -0.116. The highest BCUT2D eigenvalue weighted by atomic mass is 16.1. The number of amides is 1. The second-order valence-corrected chi connectivity index (χ2v) is 6.02. The Bertz CT molecular complexity index is 828. The lowest BCUT2D eigenvalue weighted by Crippen LogP contribution is -2.11. The van der Waals surface area contributed by atoms with Gasteiger partial charge in [-0.1, -0.05) is 6.07 Å². The highest BCUT2D eigenvalue weighted by molar-refractivity contribution is 6.06. The van der Waals surface area contributed by atoms with Gasteiger partial charge in [0.2, 0.25) is 0 Å². The van der Waals surface area contributed by atoms with Crippen molar-refractivity contribution in [2.45, 2.75) is 25.8 Å². The van der Waals surface area contributed by atoms with Crippen LogP contribution >= 0.6 is 0 Å². The SMILES string of the molecule is CC(C1CC1)n1cc(NC(=O)c2ccc3cc[nH]c3c2)cn1. The standard InChI is InChI=1S/C17H18N4O/c1-11(12-2-3-12)21-10-15(9-19-21)20-17(22)14-5-4-13-6-7-18-16(13)8-14/h4-12,18H,2-3H2,1H3,(H,20,22). The van der Waals surface area contributed by atoms with Crippen LogP contribution in [0.2, 0.25) is 0 Å². The summed E-state index contributed by atoms with van der Waals surface area (Å²) < 4.78 is 1.95. The van der Waals surface area contributed by atoms with Crippen LogP contribution in [0.1, 0.15) is 36.2 Å². The number of hydrogen-bond acceptors (Lipinski definition) is 2. The van der Waals surface area contributed by atoms with Gasteiger partial charge in [0.05, 0.1) is 17.9 Å². The number of aromatic amines is 1. The molecule has 0 spiro atoms. The number of aromatic nitrogens is 3. The second kappa shape index (κ2) is 5.02. The monoisotopic (exact) mass is 294 g/mol. The summed E-state index contributed by atoms with van der Waals surface area (Å²) in [5, 5.41) is 8.37. The number of H-pyrrole nitrogens is 1. The Balaban J connectivity index is 1.51. The van der Waals surface area contributed by atoms with Crippen LogP contribution in [-0.2, 0) is 0 Å². The number of nitrogens with one attached hydrogen (secondary N) is 2. The molecule has 0 bridgehead atoms. The van der Waals surface area contributed by atoms with E-state index in [4.69, 9.17) is 0 Å². The van der Waals surface area contributed by atoms with E-state index in [1.54, 1.807) is 6.20 Å². The molecule has 112 valence electrons. The van der Waals surface area contributed by atoms with E-state index in [2.05, 4.69) is 22.3 Å². The molecule has 1 fully saturated rings. The van der Waals surface area contributed by atoms with E-state index in [-0.39, 0.29) is 5.91 Å². The van der Waals surface area contributed by atoms with Crippen LogP contribution < -0.4 is 5.32 Å². The van der Waals surface area contributed by atoms with Crippen molar-refractivity contribution in [3.63, 3.8) is 0 Å². The number of carbonyl (C=O) groups excluding carboxylic acids is 1. The quantitative estimate of drug-likeness (QED) is 0.772. The average Bonchev–Trinajstić information content (AvgIpc) is 3.08. The topological polar surface area (TPSA) is 62.7 Å². The van der Waals surface area contributed by atoms with Crippen molar-refractivity contribution in [3.8, 4) is 0 Å². The highest BCUT2D eigenvalue weighted by Crippen LogP contribution is 2.39. The summed E-state index contributed by atoms with van der Waals surface area (Å²) in [6.45, 7) is 2.18. The third-order valence-corrected chi connectivity index (χ3v) is 4.40. The minimum absolute atomic E-state index is 0.116. The van der Waals surface area contributed by atoms with Crippen LogP contribution in [0.4, 0.5) is 5.69 Å². The van der Waals surface area contributed by atoms with Gasteiger partial charge >= 0.3 is 0 Å². The van der Waals surface area contributed by atoms with Crippen LogP contribution in [0.15, 0.2) is 42.9 Å². The van der Waals surface area contributed by atoms with E-state index in [0.717, 1.165) is 22.5 Å². The largest absolute Gasteiger partial charge is 0.361 e. The lowest BCUT2D eigenvalue weighted by molar-refractivity contribution is 0.102. The first-order valence-corrected chi connectivity index (χ1v) is 7.63. The minimum Gasteiger partial charge on any atom is -0.361 e. The number of rotatable bonds is 4. The molecule has 2 aromatic heterocycles. The van der Waals surface area contributed by atoms with Crippen molar-refractivity contribution in [1.29, 1.82) is 0 Å². The fraction of sp³-hybridized carbons (Fsp3) is 0.294. The molecule has 1 unspecified atom stereocenters. The molecule has 2 heterocycles. The van der Waals surface area contributed by atoms with Gasteiger partial charge in [0.1, 0.15) is 0 Å². The van der Waals surface area contributed by atoms with Crippen LogP contribution in [0.3, 0.4) is 0 Å². The Morgan fingerprint density at radius 3 is 3.09 bits per heavy atom. The molecule has 1 saturated carbocycles. The zero-order valence-electron chi connectivity index (χ0n) is 12.4. The second-order valence-electron chi connectivity index (χ2n) is 6.02. The van der Waals surface area contributed by atoms with Gasteiger partial charge in [0.25, 0.3) is 5.91 Å². The number of carbonyl (C=O) groups is 1. The predicted octanol–water partition coefficient (Wildman–Crippen LogP) is 3.59. The third kappa shape index (κ3) is 2.39. The van der Waals surface area contributed by atoms with Crippen molar-refractivity contribution in [1.82, 2.24) is 14.8 Å². The van der Waals surface area contributed by atoms with Crippen molar-refractivity contribution in [2.75, 3.05) is 5.32 Å². The van der Waals surface area contributed by atoms with Crippen molar-refractivity contribution in [3.05, 3.63) is 48.4 Å². The summed E-state index contributed by atoms with van der Waals surface area (Å²) in [6, 6.07) is 8.03. The summed E-state index contributed by atoms with van der Waals surface area (Å²) >= 11 is 0. The van der Waals surface area contributed by atoms with Crippen molar-refractivity contribution >= 4 is 22.5 Å². The molecule has 3 aromatic rings. The number of fused-ring (bicyclic) bond motifs is 1. The first-order chi connectivity index (χ1) is 10.7. The van der Waals surface area contributed by atoms with E-state index < -0.39 is 0 Å². The van der Waals surface area contributed by atoms with E-state index >= 15 is 0 Å². The number of benzene rings is 1. The molecule has 2 N–H and O–H groups in total. The van der Waals surface area contributed by atoms with Gasteiger partial charge in [-0.25, -0.2) is 0 Å². The van der Waals surface area contributed by atoms with Gasteiger partial charge in [0.15, 0.2) is 0 Å². The molecule has 1 aliphatic carbocycles. The maximum Gasteiger partial charge on any atom is 0.255 e. The summed E-state index contributed by atoms with van der Waals surface area (Å²) in [5.41, 5.74) is 2.34. The summed E-state index contributed by atoms with van der Waals surface area (Å²) in [6.07, 6.45) is 8.05. The number of hydrogen-bond donors (Lipinski definition) is 2. The van der Waals surface area contributed by atoms with E-state index in [0.29, 0.717) is 11.6 Å². The van der Waals surface area contributed by atoms with E-state index in [9.17, 15) is 4.79 Å². The van der Waals surface area contributed by atoms with E-state index in [1.165, 1.54) is 12.8 Å². The molecular formula is C17H18N4O. The Hall–Kier alpha value is -2.56. The lowest BCUT2D eigenvalue weighted by Gasteiger charge is -2.09. The maximum absolute atomic E-state index is 12.3. The Morgan fingerprint density at radius 1 is 1.41 bits per heavy atom. The summed E-state index contributed by atoms with van der Waals surface area (Å²) in [4.78, 5) is 15.5. The molecule has 1 aromatic carbocycles. The molecule has 22 heavy (non-hydrogen) atoms. The van der Waals surface area contributed by atoms with Gasteiger partial charge < -0.3 is 10.3 Å². The Labute approximate surface area is 128 Å². The molecule has 1 atom stereocenters. The Kier molecular flexibility index (Phi) is 2.99. The fourth-order valence-corrected chi connectivity index (χ4v) is 2.81. The van der Waals surface area contributed by atoms with Gasteiger partial charge in [-0.15, -0.1) is 0 Å². The predicted molar refractivity (Wildman–Crippen MR) is 85.9 cm³/mol. The molecule has 1 amide bonds. The zero-order chi connectivity index (χ0) is 15.1. The lowest BCUT2D eigenvalue weighted by atomic mass is 10.1. The van der Waals surface area contributed by atoms with Gasteiger partial charge in [0, 0.05) is 23.5 Å². The Morgan fingerprint density at radius 2 is 2.27 bits per heavy atom. The van der Waals surface area contributed by atoms with Crippen LogP contribution in [0.25, 0.3) is 10.9 Å². The first kappa shape index (κ1) is 13.1. The van der Waals surface area contributed by atoms with Gasteiger partial charge in [-0.2, -0.15) is 5.10 Å². The molecule has 5 nitrogen and oxygen atoms in total. The third-order valence-electron chi connectivity index (χ3n) is 4.40. The molecule has 0 aliphatic heterocycles. The van der Waals surface area contributed by atoms with Crippen molar-refractivity contribution in [2.24, 2.45) is 5.92 Å².